The molecule has 0 aliphatic carbocycles. The van der Waals surface area contributed by atoms with E-state index >= 15 is 0 Å². The Balaban J connectivity index is 2.12. The van der Waals surface area contributed by atoms with Crippen LogP contribution in [0.4, 0.5) is 0 Å². The van der Waals surface area contributed by atoms with Crippen LogP contribution in [0.1, 0.15) is 58.3 Å². The highest BCUT2D eigenvalue weighted by Crippen LogP contribution is 2.31. The monoisotopic (exact) mass is 195 g/mol. The van der Waals surface area contributed by atoms with Gasteiger partial charge in [-0.25, -0.2) is 0 Å². The molecule has 0 N–H and O–H groups in total. The Kier molecular flexibility index (Phi) is 3.09. The molecule has 2 fully saturated rings. The van der Waals surface area contributed by atoms with Gasteiger partial charge in [0.15, 0.2) is 0 Å². The molecule has 2 nitrogen and oxygen atoms in total. The van der Waals surface area contributed by atoms with Gasteiger partial charge in [-0.2, -0.15) is 0 Å². The average Bonchev–Trinajstić information content (AvgIpc) is 2.15. The SMILES string of the molecule is CC(=O)N1C2CCCCCC1CCC2. The Morgan fingerprint density at radius 2 is 1.43 bits per heavy atom. The zero-order valence-electron chi connectivity index (χ0n) is 9.17. The second-order valence-electron chi connectivity index (χ2n) is 4.80. The number of carbonyl (C=O) groups is 1. The minimum atomic E-state index is 0.307. The molecule has 2 heterocycles. The predicted molar refractivity (Wildman–Crippen MR) is 57.0 cm³/mol. The lowest BCUT2D eigenvalue weighted by Crippen LogP contribution is -2.49. The predicted octanol–water partition coefficient (Wildman–Crippen LogP) is 2.72. The Morgan fingerprint density at radius 3 is 1.93 bits per heavy atom. The van der Waals surface area contributed by atoms with Gasteiger partial charge in [0.05, 0.1) is 0 Å². The molecule has 0 radical (unpaired) electrons. The zero-order chi connectivity index (χ0) is 9.97. The molecule has 2 aliphatic rings. The molecular weight excluding hydrogens is 174 g/mol. The zero-order valence-corrected chi connectivity index (χ0v) is 9.17. The third kappa shape index (κ3) is 1.94. The molecule has 2 unspecified atom stereocenters. The number of hydrogen-bond acceptors (Lipinski definition) is 1. The van der Waals surface area contributed by atoms with E-state index in [1.807, 2.05) is 0 Å². The van der Waals surface area contributed by atoms with Crippen molar-refractivity contribution in [2.24, 2.45) is 0 Å². The highest BCUT2D eigenvalue weighted by atomic mass is 16.2. The minimum absolute atomic E-state index is 0.307. The molecule has 14 heavy (non-hydrogen) atoms. The second kappa shape index (κ2) is 4.33. The van der Waals surface area contributed by atoms with Gasteiger partial charge in [0.25, 0.3) is 0 Å². The number of piperidine rings is 1. The quantitative estimate of drug-likeness (QED) is 0.582. The van der Waals surface area contributed by atoms with Gasteiger partial charge in [0.2, 0.25) is 5.91 Å². The molecule has 2 rings (SSSR count). The average molecular weight is 195 g/mol. The first-order valence-corrected chi connectivity index (χ1v) is 6.08. The fraction of sp³-hybridized carbons (Fsp3) is 0.917. The number of nitrogens with zero attached hydrogens (tertiary/aromatic N) is 1. The maximum absolute atomic E-state index is 11.6. The summed E-state index contributed by atoms with van der Waals surface area (Å²) in [5.41, 5.74) is 0. The smallest absolute Gasteiger partial charge is 0.219 e. The Morgan fingerprint density at radius 1 is 0.929 bits per heavy atom. The van der Waals surface area contributed by atoms with Crippen LogP contribution in [-0.2, 0) is 4.79 Å². The summed E-state index contributed by atoms with van der Waals surface area (Å²) in [5, 5.41) is 0. The minimum Gasteiger partial charge on any atom is -0.337 e. The van der Waals surface area contributed by atoms with Crippen LogP contribution >= 0.6 is 0 Å². The van der Waals surface area contributed by atoms with Gasteiger partial charge in [0, 0.05) is 19.0 Å². The lowest BCUT2D eigenvalue weighted by atomic mass is 9.87. The third-order valence-corrected chi connectivity index (χ3v) is 3.80. The fourth-order valence-electron chi connectivity index (χ4n) is 3.18. The number of fused-ring (bicyclic) bond motifs is 2. The number of hydrogen-bond donors (Lipinski definition) is 0. The summed E-state index contributed by atoms with van der Waals surface area (Å²) in [6.45, 7) is 1.74. The Hall–Kier alpha value is -0.530. The lowest BCUT2D eigenvalue weighted by Gasteiger charge is -2.43. The van der Waals surface area contributed by atoms with E-state index in [1.54, 1.807) is 6.92 Å². The maximum Gasteiger partial charge on any atom is 0.219 e. The van der Waals surface area contributed by atoms with Crippen LogP contribution in [0.5, 0.6) is 0 Å². The van der Waals surface area contributed by atoms with Crippen molar-refractivity contribution < 1.29 is 4.79 Å². The molecular formula is C12H21NO. The van der Waals surface area contributed by atoms with Crippen molar-refractivity contribution in [3.63, 3.8) is 0 Å². The normalized spacial score (nSPS) is 33.4. The summed E-state index contributed by atoms with van der Waals surface area (Å²) in [4.78, 5) is 13.8. The summed E-state index contributed by atoms with van der Waals surface area (Å²) in [6.07, 6.45) is 10.3. The van der Waals surface area contributed by atoms with Crippen LogP contribution in [-0.4, -0.2) is 22.9 Å². The highest BCUT2D eigenvalue weighted by molar-refractivity contribution is 5.74. The first kappa shape index (κ1) is 10.0. The van der Waals surface area contributed by atoms with E-state index in [2.05, 4.69) is 4.90 Å². The third-order valence-electron chi connectivity index (χ3n) is 3.80. The van der Waals surface area contributed by atoms with Gasteiger partial charge in [-0.15, -0.1) is 0 Å². The molecule has 80 valence electrons. The number of rotatable bonds is 0. The summed E-state index contributed by atoms with van der Waals surface area (Å²) >= 11 is 0. The number of amides is 1. The van der Waals surface area contributed by atoms with Gasteiger partial charge >= 0.3 is 0 Å². The van der Waals surface area contributed by atoms with E-state index in [-0.39, 0.29) is 0 Å². The lowest BCUT2D eigenvalue weighted by molar-refractivity contribution is -0.136. The van der Waals surface area contributed by atoms with E-state index in [4.69, 9.17) is 0 Å². The molecule has 0 aromatic carbocycles. The van der Waals surface area contributed by atoms with Crippen LogP contribution in [0.2, 0.25) is 0 Å². The van der Waals surface area contributed by atoms with Crippen LogP contribution < -0.4 is 0 Å². The van der Waals surface area contributed by atoms with Crippen molar-refractivity contribution >= 4 is 5.91 Å². The van der Waals surface area contributed by atoms with Crippen molar-refractivity contribution in [2.45, 2.75) is 70.4 Å². The van der Waals surface area contributed by atoms with Gasteiger partial charge in [0.1, 0.15) is 0 Å². The van der Waals surface area contributed by atoms with Crippen LogP contribution in [0.3, 0.4) is 0 Å². The summed E-state index contributed by atoms with van der Waals surface area (Å²) in [6, 6.07) is 1.15. The van der Waals surface area contributed by atoms with Gasteiger partial charge in [-0.1, -0.05) is 19.3 Å². The largest absolute Gasteiger partial charge is 0.337 e. The van der Waals surface area contributed by atoms with Crippen LogP contribution in [0.15, 0.2) is 0 Å². The second-order valence-corrected chi connectivity index (χ2v) is 4.80. The van der Waals surface area contributed by atoms with Crippen molar-refractivity contribution in [1.29, 1.82) is 0 Å². The summed E-state index contributed by atoms with van der Waals surface area (Å²) in [7, 11) is 0. The van der Waals surface area contributed by atoms with Crippen LogP contribution in [0, 0.1) is 0 Å². The van der Waals surface area contributed by atoms with Crippen LogP contribution in [0.25, 0.3) is 0 Å². The van der Waals surface area contributed by atoms with E-state index in [1.165, 1.54) is 51.4 Å². The molecule has 0 aromatic heterocycles. The van der Waals surface area contributed by atoms with Crippen molar-refractivity contribution in [3.8, 4) is 0 Å². The summed E-state index contributed by atoms with van der Waals surface area (Å²) in [5.74, 6) is 0.307. The fourth-order valence-corrected chi connectivity index (χ4v) is 3.18. The first-order chi connectivity index (χ1) is 6.79. The van der Waals surface area contributed by atoms with Gasteiger partial charge < -0.3 is 4.90 Å². The van der Waals surface area contributed by atoms with Gasteiger partial charge in [-0.3, -0.25) is 4.79 Å². The standard InChI is InChI=1S/C12H21NO/c1-10(14)13-11-6-3-2-4-7-12(13)9-5-8-11/h11-12H,2-9H2,1H3. The topological polar surface area (TPSA) is 20.3 Å². The number of carbonyl (C=O) groups excluding carboxylic acids is 1. The van der Waals surface area contributed by atoms with E-state index < -0.39 is 0 Å². The Labute approximate surface area is 86.7 Å². The van der Waals surface area contributed by atoms with Crippen molar-refractivity contribution in [3.05, 3.63) is 0 Å². The van der Waals surface area contributed by atoms with E-state index in [0.29, 0.717) is 18.0 Å². The van der Waals surface area contributed by atoms with Gasteiger partial charge in [-0.05, 0) is 32.1 Å². The highest BCUT2D eigenvalue weighted by Gasteiger charge is 2.32. The molecule has 2 saturated heterocycles. The van der Waals surface area contributed by atoms with Crippen molar-refractivity contribution in [2.75, 3.05) is 0 Å². The Bertz CT molecular complexity index is 200. The molecule has 2 atom stereocenters. The van der Waals surface area contributed by atoms with E-state index in [9.17, 15) is 4.79 Å². The molecule has 2 aliphatic heterocycles. The molecule has 0 aromatic rings. The molecule has 2 bridgehead atoms. The maximum atomic E-state index is 11.6. The molecule has 0 spiro atoms. The van der Waals surface area contributed by atoms with Crippen molar-refractivity contribution in [1.82, 2.24) is 4.90 Å². The summed E-state index contributed by atoms with van der Waals surface area (Å²) < 4.78 is 0. The molecule has 0 saturated carbocycles. The van der Waals surface area contributed by atoms with E-state index in [0.717, 1.165) is 0 Å². The molecule has 1 amide bonds. The molecule has 2 heteroatoms. The first-order valence-electron chi connectivity index (χ1n) is 6.08.